The lowest BCUT2D eigenvalue weighted by Gasteiger charge is -2.07. The second-order valence-electron chi connectivity index (χ2n) is 7.46. The van der Waals surface area contributed by atoms with Crippen LogP contribution in [0.4, 0.5) is 9.39 Å². The van der Waals surface area contributed by atoms with Crippen LogP contribution in [0.1, 0.15) is 50.5 Å². The Morgan fingerprint density at radius 1 is 1.22 bits per heavy atom. The third-order valence-electron chi connectivity index (χ3n) is 5.36. The van der Waals surface area contributed by atoms with Gasteiger partial charge in [0.15, 0.2) is 6.61 Å². The van der Waals surface area contributed by atoms with Crippen LogP contribution in [0.2, 0.25) is 0 Å². The highest BCUT2D eigenvalue weighted by atomic mass is 32.1. The van der Waals surface area contributed by atoms with Crippen LogP contribution in [-0.4, -0.2) is 25.6 Å². The summed E-state index contributed by atoms with van der Waals surface area (Å²) in [6, 6.07) is 6.83. The second-order valence-corrected chi connectivity index (χ2v) is 9.62. The summed E-state index contributed by atoms with van der Waals surface area (Å²) in [6.07, 6.45) is 4.98. The fraction of sp³-hybridized carbons (Fsp3) is 0.348. The first-order valence-corrected chi connectivity index (χ1v) is 11.9. The number of anilines is 1. The molecule has 0 bridgehead atoms. The minimum absolute atomic E-state index is 0.0455. The van der Waals surface area contributed by atoms with Crippen LogP contribution in [-0.2, 0) is 33.7 Å². The van der Waals surface area contributed by atoms with E-state index in [9.17, 15) is 19.2 Å². The number of benzene rings is 1. The number of nitriles is 1. The van der Waals surface area contributed by atoms with E-state index in [0.717, 1.165) is 53.9 Å². The summed E-state index contributed by atoms with van der Waals surface area (Å²) in [5, 5.41) is 13.1. The molecule has 0 saturated heterocycles. The number of aryl methyl sites for hydroxylation is 1. The van der Waals surface area contributed by atoms with Crippen LogP contribution < -0.4 is 5.32 Å². The topological polar surface area (TPSA) is 88.4 Å². The fourth-order valence-corrected chi connectivity index (χ4v) is 6.29. The number of nitrogens with one attached hydrogen (secondary N) is 1. The minimum Gasteiger partial charge on any atom is -0.451 e. The summed E-state index contributed by atoms with van der Waals surface area (Å²) in [4.78, 5) is 26.5. The van der Waals surface area contributed by atoms with E-state index in [1.165, 1.54) is 24.5 Å². The van der Waals surface area contributed by atoms with E-state index in [1.807, 2.05) is 0 Å². The normalized spacial score (nSPS) is 13.3. The van der Waals surface area contributed by atoms with Crippen molar-refractivity contribution in [1.29, 1.82) is 5.26 Å². The maximum atomic E-state index is 14.3. The molecular weight excluding hydrogens is 451 g/mol. The third-order valence-corrected chi connectivity index (χ3v) is 7.74. The average Bonchev–Trinajstić information content (AvgIpc) is 3.21. The summed E-state index contributed by atoms with van der Waals surface area (Å²) in [5.41, 5.74) is 1.94. The highest BCUT2D eigenvalue weighted by molar-refractivity contribution is 7.21. The Kier molecular flexibility index (Phi) is 6.84. The Hall–Kier alpha value is -2.80. The Balaban J connectivity index is 1.47. The zero-order valence-corrected chi connectivity index (χ0v) is 19.1. The molecule has 0 unspecified atom stereocenters. The number of carbonyl (C=O) groups is 2. The van der Waals surface area contributed by atoms with Gasteiger partial charge < -0.3 is 14.8 Å². The van der Waals surface area contributed by atoms with Crippen molar-refractivity contribution in [2.45, 2.75) is 38.7 Å². The van der Waals surface area contributed by atoms with Gasteiger partial charge in [-0.3, -0.25) is 4.79 Å². The number of rotatable bonds is 6. The Morgan fingerprint density at radius 3 is 2.81 bits per heavy atom. The van der Waals surface area contributed by atoms with Gasteiger partial charge >= 0.3 is 5.97 Å². The Labute approximate surface area is 192 Å². The molecule has 6 nitrogen and oxygen atoms in total. The maximum absolute atomic E-state index is 14.3. The maximum Gasteiger partial charge on any atom is 0.349 e. The summed E-state index contributed by atoms with van der Waals surface area (Å²) < 4.78 is 25.3. The Bertz CT molecular complexity index is 1230. The number of halogens is 1. The van der Waals surface area contributed by atoms with Crippen LogP contribution in [0.25, 0.3) is 10.1 Å². The first kappa shape index (κ1) is 22.4. The highest BCUT2D eigenvalue weighted by Crippen LogP contribution is 2.37. The third kappa shape index (κ3) is 4.39. The molecule has 1 amide bonds. The predicted octanol–water partition coefficient (Wildman–Crippen LogP) is 5.18. The van der Waals surface area contributed by atoms with E-state index in [1.54, 1.807) is 12.1 Å². The van der Waals surface area contributed by atoms with Crippen molar-refractivity contribution in [2.24, 2.45) is 0 Å². The molecule has 2 heterocycles. The molecule has 2 aromatic heterocycles. The first-order valence-electron chi connectivity index (χ1n) is 10.2. The Morgan fingerprint density at radius 2 is 2.03 bits per heavy atom. The summed E-state index contributed by atoms with van der Waals surface area (Å²) in [6.45, 7) is -0.459. The van der Waals surface area contributed by atoms with E-state index in [2.05, 4.69) is 11.4 Å². The lowest BCUT2D eigenvalue weighted by atomic mass is 10.1. The van der Waals surface area contributed by atoms with Gasteiger partial charge in [-0.05, 0) is 43.4 Å². The first-order chi connectivity index (χ1) is 15.5. The van der Waals surface area contributed by atoms with Gasteiger partial charge in [-0.25, -0.2) is 9.18 Å². The number of ether oxygens (including phenoxy) is 2. The number of fused-ring (bicyclic) bond motifs is 2. The molecule has 3 aromatic rings. The molecule has 0 atom stereocenters. The van der Waals surface area contributed by atoms with Gasteiger partial charge in [0.1, 0.15) is 21.8 Å². The largest absolute Gasteiger partial charge is 0.451 e. The standard InChI is InChI=1S/C23H21FN2O4S2/c1-29-11-15-20-16(24)7-5-9-18(20)31-21(15)23(28)30-12-19(27)26-22-14(10-25)13-6-3-2-4-8-17(13)32-22/h5,7,9H,2-4,6,8,11-12H2,1H3,(H,26,27). The highest BCUT2D eigenvalue weighted by Gasteiger charge is 2.24. The number of carbonyl (C=O) groups excluding carboxylic acids is 2. The van der Waals surface area contributed by atoms with Crippen molar-refractivity contribution in [3.8, 4) is 6.07 Å². The minimum atomic E-state index is -0.713. The number of esters is 1. The van der Waals surface area contributed by atoms with Gasteiger partial charge in [0.25, 0.3) is 5.91 Å². The smallest absolute Gasteiger partial charge is 0.349 e. The monoisotopic (exact) mass is 472 g/mol. The SMILES string of the molecule is COCc1c(C(=O)OCC(=O)Nc2sc3c(c2C#N)CCCCC3)sc2cccc(F)c12. The molecule has 0 aliphatic heterocycles. The number of thiophene rings is 2. The number of nitrogens with zero attached hydrogens (tertiary/aromatic N) is 1. The van der Waals surface area contributed by atoms with Crippen LogP contribution in [0.5, 0.6) is 0 Å². The molecule has 166 valence electrons. The number of amides is 1. The van der Waals surface area contributed by atoms with Crippen molar-refractivity contribution >= 4 is 49.6 Å². The molecule has 0 saturated carbocycles. The lowest BCUT2D eigenvalue weighted by molar-refractivity contribution is -0.119. The van der Waals surface area contributed by atoms with Gasteiger partial charge in [0.2, 0.25) is 0 Å². The van der Waals surface area contributed by atoms with E-state index in [-0.39, 0.29) is 11.5 Å². The summed E-state index contributed by atoms with van der Waals surface area (Å²) >= 11 is 2.52. The second kappa shape index (κ2) is 9.77. The molecule has 32 heavy (non-hydrogen) atoms. The summed E-state index contributed by atoms with van der Waals surface area (Å²) in [7, 11) is 1.46. The number of hydrogen-bond acceptors (Lipinski definition) is 7. The number of methoxy groups -OCH3 is 1. The van der Waals surface area contributed by atoms with E-state index >= 15 is 0 Å². The molecular formula is C23H21FN2O4S2. The van der Waals surface area contributed by atoms with E-state index in [0.29, 0.717) is 26.2 Å². The van der Waals surface area contributed by atoms with Gasteiger partial charge in [0.05, 0.1) is 12.2 Å². The number of hydrogen-bond donors (Lipinski definition) is 1. The molecule has 1 N–H and O–H groups in total. The molecule has 4 rings (SSSR count). The van der Waals surface area contributed by atoms with Gasteiger partial charge in [-0.15, -0.1) is 22.7 Å². The van der Waals surface area contributed by atoms with Crippen LogP contribution in [0.15, 0.2) is 18.2 Å². The van der Waals surface area contributed by atoms with Crippen LogP contribution >= 0.6 is 22.7 Å². The van der Waals surface area contributed by atoms with Gasteiger partial charge in [0, 0.05) is 27.6 Å². The van der Waals surface area contributed by atoms with Crippen molar-refractivity contribution < 1.29 is 23.5 Å². The molecule has 1 aromatic carbocycles. The molecule has 1 aliphatic carbocycles. The molecule has 0 fully saturated rings. The quantitative estimate of drug-likeness (QED) is 0.394. The van der Waals surface area contributed by atoms with Gasteiger partial charge in [-0.2, -0.15) is 5.26 Å². The average molecular weight is 473 g/mol. The van der Waals surface area contributed by atoms with Crippen LogP contribution in [0, 0.1) is 17.1 Å². The molecule has 1 aliphatic rings. The predicted molar refractivity (Wildman–Crippen MR) is 122 cm³/mol. The zero-order valence-electron chi connectivity index (χ0n) is 17.5. The fourth-order valence-electron chi connectivity index (χ4n) is 3.92. The van der Waals surface area contributed by atoms with Crippen molar-refractivity contribution in [1.82, 2.24) is 0 Å². The molecule has 9 heteroatoms. The zero-order chi connectivity index (χ0) is 22.7. The van der Waals surface area contributed by atoms with Gasteiger partial charge in [-0.1, -0.05) is 12.5 Å². The molecule has 0 radical (unpaired) electrons. The van der Waals surface area contributed by atoms with E-state index in [4.69, 9.17) is 9.47 Å². The van der Waals surface area contributed by atoms with Crippen molar-refractivity contribution in [3.63, 3.8) is 0 Å². The van der Waals surface area contributed by atoms with Crippen molar-refractivity contribution in [2.75, 3.05) is 19.0 Å². The summed E-state index contributed by atoms with van der Waals surface area (Å²) in [5.74, 6) is -1.67. The van der Waals surface area contributed by atoms with E-state index < -0.39 is 24.3 Å². The van der Waals surface area contributed by atoms with Crippen molar-refractivity contribution in [3.05, 3.63) is 50.5 Å². The van der Waals surface area contributed by atoms with Crippen LogP contribution in [0.3, 0.4) is 0 Å². The molecule has 0 spiro atoms. The lowest BCUT2D eigenvalue weighted by Crippen LogP contribution is -2.21.